The highest BCUT2D eigenvalue weighted by molar-refractivity contribution is 6.74. The summed E-state index contributed by atoms with van der Waals surface area (Å²) in [6.07, 6.45) is 0.0391. The van der Waals surface area contributed by atoms with Gasteiger partial charge in [-0.1, -0.05) is 71.0 Å². The zero-order chi connectivity index (χ0) is 19.4. The number of rotatable bonds is 8. The summed E-state index contributed by atoms with van der Waals surface area (Å²) < 4.78 is 12.9. The van der Waals surface area contributed by atoms with Crippen molar-refractivity contribution in [3.63, 3.8) is 0 Å². The first-order chi connectivity index (χ1) is 12.1. The molecule has 2 aromatic carbocycles. The lowest BCUT2D eigenvalue weighted by atomic mass is 10.1. The lowest BCUT2D eigenvalue weighted by Gasteiger charge is -2.39. The number of hydrogen-bond acceptors (Lipinski definition) is 3. The molecule has 0 radical (unpaired) electrons. The summed E-state index contributed by atoms with van der Waals surface area (Å²) in [7, 11) is -1.85. The molecule has 26 heavy (non-hydrogen) atoms. The molecular weight excluding hydrogens is 338 g/mol. The van der Waals surface area contributed by atoms with Gasteiger partial charge in [0, 0.05) is 18.0 Å². The van der Waals surface area contributed by atoms with Crippen molar-refractivity contribution in [3.05, 3.63) is 42.5 Å². The summed E-state index contributed by atoms with van der Waals surface area (Å²) in [5.41, 5.74) is 0. The van der Waals surface area contributed by atoms with Gasteiger partial charge >= 0.3 is 0 Å². The van der Waals surface area contributed by atoms with E-state index in [2.05, 4.69) is 83.4 Å². The van der Waals surface area contributed by atoms with Crippen molar-refractivity contribution in [3.8, 4) is 5.75 Å². The van der Waals surface area contributed by atoms with Gasteiger partial charge in [-0.05, 0) is 29.6 Å². The van der Waals surface area contributed by atoms with E-state index in [9.17, 15) is 0 Å². The van der Waals surface area contributed by atoms with Crippen molar-refractivity contribution in [2.75, 3.05) is 13.2 Å². The Balaban J connectivity index is 2.13. The summed E-state index contributed by atoms with van der Waals surface area (Å²) in [5, 5.41) is 6.05. The van der Waals surface area contributed by atoms with Gasteiger partial charge in [-0.3, -0.25) is 0 Å². The van der Waals surface area contributed by atoms with Crippen LogP contribution < -0.4 is 10.1 Å². The molecule has 0 bridgehead atoms. The third kappa shape index (κ3) is 5.57. The molecular formula is C22H35NO2Si. The van der Waals surface area contributed by atoms with E-state index in [1.807, 2.05) is 12.1 Å². The molecule has 0 amide bonds. The van der Waals surface area contributed by atoms with Crippen LogP contribution in [0.2, 0.25) is 18.1 Å². The van der Waals surface area contributed by atoms with E-state index in [1.165, 1.54) is 5.39 Å². The quantitative estimate of drug-likeness (QED) is 0.610. The van der Waals surface area contributed by atoms with Crippen molar-refractivity contribution in [2.45, 2.75) is 64.9 Å². The number of fused-ring (bicyclic) bond motifs is 1. The smallest absolute Gasteiger partial charge is 0.192 e. The number of hydrogen-bond donors (Lipinski definition) is 1. The van der Waals surface area contributed by atoms with Crippen LogP contribution in [0.5, 0.6) is 5.75 Å². The molecule has 0 aliphatic carbocycles. The largest absolute Gasteiger partial charge is 0.490 e. The van der Waals surface area contributed by atoms with Crippen molar-refractivity contribution < 1.29 is 9.16 Å². The zero-order valence-corrected chi connectivity index (χ0v) is 18.4. The number of nitrogens with one attached hydrogen (secondary N) is 1. The zero-order valence-electron chi connectivity index (χ0n) is 17.4. The van der Waals surface area contributed by atoms with E-state index < -0.39 is 8.32 Å². The molecule has 144 valence electrons. The van der Waals surface area contributed by atoms with Crippen LogP contribution in [0, 0.1) is 0 Å². The van der Waals surface area contributed by atoms with E-state index in [4.69, 9.17) is 9.16 Å². The predicted molar refractivity (Wildman–Crippen MR) is 115 cm³/mol. The molecule has 0 aromatic heterocycles. The van der Waals surface area contributed by atoms with E-state index in [-0.39, 0.29) is 11.1 Å². The highest BCUT2D eigenvalue weighted by Gasteiger charge is 2.39. The van der Waals surface area contributed by atoms with E-state index in [0.29, 0.717) is 12.6 Å². The second-order valence-electron chi connectivity index (χ2n) is 8.85. The molecule has 0 saturated carbocycles. The van der Waals surface area contributed by atoms with Crippen molar-refractivity contribution >= 4 is 19.1 Å². The van der Waals surface area contributed by atoms with Gasteiger partial charge in [0.15, 0.2) is 8.32 Å². The molecule has 0 saturated heterocycles. The SMILES string of the molecule is CC(C)NCC(COc1cccc2ccccc12)O[Si](C)(C)C(C)(C)C. The van der Waals surface area contributed by atoms with Gasteiger partial charge in [-0.2, -0.15) is 0 Å². The Morgan fingerprint density at radius 3 is 2.31 bits per heavy atom. The van der Waals surface area contributed by atoms with Crippen LogP contribution in [-0.2, 0) is 4.43 Å². The van der Waals surface area contributed by atoms with Crippen LogP contribution in [0.15, 0.2) is 42.5 Å². The van der Waals surface area contributed by atoms with Crippen LogP contribution >= 0.6 is 0 Å². The van der Waals surface area contributed by atoms with Gasteiger partial charge in [-0.25, -0.2) is 0 Å². The maximum Gasteiger partial charge on any atom is 0.192 e. The van der Waals surface area contributed by atoms with Crippen molar-refractivity contribution in [1.82, 2.24) is 5.32 Å². The van der Waals surface area contributed by atoms with E-state index >= 15 is 0 Å². The normalized spacial score (nSPS) is 14.0. The average Bonchev–Trinajstić information content (AvgIpc) is 2.56. The minimum atomic E-state index is -1.85. The molecule has 2 rings (SSSR count). The molecule has 0 spiro atoms. The molecule has 1 unspecified atom stereocenters. The first kappa shape index (κ1) is 20.9. The third-order valence-corrected chi connectivity index (χ3v) is 9.73. The maximum atomic E-state index is 6.64. The highest BCUT2D eigenvalue weighted by atomic mass is 28.4. The first-order valence-corrected chi connectivity index (χ1v) is 12.5. The molecule has 0 fully saturated rings. The summed E-state index contributed by atoms with van der Waals surface area (Å²) in [6, 6.07) is 15.0. The fourth-order valence-corrected chi connectivity index (χ4v) is 3.94. The topological polar surface area (TPSA) is 30.5 Å². The van der Waals surface area contributed by atoms with Crippen molar-refractivity contribution in [1.29, 1.82) is 0 Å². The lowest BCUT2D eigenvalue weighted by Crippen LogP contribution is -2.48. The standard InChI is InChI=1S/C22H35NO2Si/c1-17(2)23-15-19(25-26(6,7)22(3,4)5)16-24-21-14-10-12-18-11-8-9-13-20(18)21/h8-14,17,19,23H,15-16H2,1-7H3. The monoisotopic (exact) mass is 373 g/mol. The van der Waals surface area contributed by atoms with Crippen LogP contribution in [0.25, 0.3) is 10.8 Å². The second kappa shape index (κ2) is 8.55. The fraction of sp³-hybridized carbons (Fsp3) is 0.545. The Morgan fingerprint density at radius 1 is 1.00 bits per heavy atom. The third-order valence-electron chi connectivity index (χ3n) is 5.20. The fourth-order valence-electron chi connectivity index (χ4n) is 2.60. The van der Waals surface area contributed by atoms with Crippen LogP contribution in [0.4, 0.5) is 0 Å². The van der Waals surface area contributed by atoms with Crippen LogP contribution in [-0.4, -0.2) is 33.6 Å². The Bertz CT molecular complexity index is 701. The molecule has 1 N–H and O–H groups in total. The van der Waals surface area contributed by atoms with Gasteiger partial charge in [0.25, 0.3) is 0 Å². The Hall–Kier alpha value is -1.36. The molecule has 2 aromatic rings. The van der Waals surface area contributed by atoms with Gasteiger partial charge in [0.05, 0.1) is 6.10 Å². The Kier molecular flexibility index (Phi) is 6.89. The van der Waals surface area contributed by atoms with Gasteiger partial charge in [-0.15, -0.1) is 0 Å². The predicted octanol–water partition coefficient (Wildman–Crippen LogP) is 5.61. The molecule has 0 heterocycles. The van der Waals surface area contributed by atoms with Gasteiger partial charge in [0.1, 0.15) is 12.4 Å². The molecule has 3 nitrogen and oxygen atoms in total. The van der Waals surface area contributed by atoms with Crippen LogP contribution in [0.3, 0.4) is 0 Å². The summed E-state index contributed by atoms with van der Waals surface area (Å²) in [4.78, 5) is 0. The highest BCUT2D eigenvalue weighted by Crippen LogP contribution is 2.37. The van der Waals surface area contributed by atoms with Gasteiger partial charge in [0.2, 0.25) is 0 Å². The second-order valence-corrected chi connectivity index (χ2v) is 13.6. The van der Waals surface area contributed by atoms with E-state index in [0.717, 1.165) is 17.7 Å². The molecule has 0 aliphatic rings. The lowest BCUT2D eigenvalue weighted by molar-refractivity contribution is 0.113. The van der Waals surface area contributed by atoms with Gasteiger partial charge < -0.3 is 14.5 Å². The van der Waals surface area contributed by atoms with E-state index in [1.54, 1.807) is 0 Å². The molecule has 4 heteroatoms. The molecule has 1 atom stereocenters. The summed E-state index contributed by atoms with van der Waals surface area (Å²) in [5.74, 6) is 0.927. The minimum Gasteiger partial charge on any atom is -0.490 e. The number of ether oxygens (including phenoxy) is 1. The summed E-state index contributed by atoms with van der Waals surface area (Å²) >= 11 is 0. The Morgan fingerprint density at radius 2 is 1.65 bits per heavy atom. The average molecular weight is 374 g/mol. The minimum absolute atomic E-state index is 0.0391. The van der Waals surface area contributed by atoms with Crippen LogP contribution in [0.1, 0.15) is 34.6 Å². The first-order valence-electron chi connectivity index (χ1n) is 9.62. The van der Waals surface area contributed by atoms with Crippen molar-refractivity contribution in [2.24, 2.45) is 0 Å². The summed E-state index contributed by atoms with van der Waals surface area (Å²) in [6.45, 7) is 17.1. The Labute approximate surface area is 160 Å². The number of benzene rings is 2. The molecule has 0 aliphatic heterocycles. The maximum absolute atomic E-state index is 6.64.